The first kappa shape index (κ1) is 17.2. The maximum atomic E-state index is 13.1. The summed E-state index contributed by atoms with van der Waals surface area (Å²) in [4.78, 5) is 25.4. The van der Waals surface area contributed by atoms with Crippen LogP contribution in [0, 0.1) is 5.82 Å². The van der Waals surface area contributed by atoms with Crippen LogP contribution in [0.1, 0.15) is 45.1 Å². The van der Waals surface area contributed by atoms with Crippen molar-refractivity contribution in [2.24, 2.45) is 0 Å². The highest BCUT2D eigenvalue weighted by atomic mass is 19.1. The van der Waals surface area contributed by atoms with Gasteiger partial charge < -0.3 is 9.84 Å². The Morgan fingerprint density at radius 2 is 1.87 bits per heavy atom. The molecule has 1 aromatic carbocycles. The van der Waals surface area contributed by atoms with Gasteiger partial charge >= 0.3 is 12.1 Å². The fourth-order valence-electron chi connectivity index (χ4n) is 2.89. The van der Waals surface area contributed by atoms with Crippen molar-refractivity contribution in [1.82, 2.24) is 4.90 Å². The molecule has 1 N–H and O–H groups in total. The van der Waals surface area contributed by atoms with Gasteiger partial charge in [0.25, 0.3) is 0 Å². The molecule has 1 saturated heterocycles. The molecule has 1 aliphatic rings. The summed E-state index contributed by atoms with van der Waals surface area (Å²) in [6, 6.07) is 4.76. The van der Waals surface area contributed by atoms with Gasteiger partial charge in [-0.3, -0.25) is 4.90 Å². The van der Waals surface area contributed by atoms with E-state index < -0.39 is 23.7 Å². The summed E-state index contributed by atoms with van der Waals surface area (Å²) in [5.41, 5.74) is 0.0234. The molecule has 0 saturated carbocycles. The van der Waals surface area contributed by atoms with Crippen LogP contribution in [0.5, 0.6) is 0 Å². The molecule has 0 aromatic heterocycles. The van der Waals surface area contributed by atoms with E-state index in [1.807, 2.05) is 0 Å². The molecule has 126 valence electrons. The van der Waals surface area contributed by atoms with Gasteiger partial charge in [0.05, 0.1) is 0 Å². The molecule has 2 atom stereocenters. The summed E-state index contributed by atoms with van der Waals surface area (Å²) < 4.78 is 18.4. The molecule has 0 aliphatic carbocycles. The summed E-state index contributed by atoms with van der Waals surface area (Å²) >= 11 is 0. The van der Waals surface area contributed by atoms with Gasteiger partial charge in [-0.2, -0.15) is 0 Å². The van der Waals surface area contributed by atoms with Crippen LogP contribution in [-0.4, -0.2) is 40.3 Å². The summed E-state index contributed by atoms with van der Waals surface area (Å²) in [5.74, 6) is -1.83. The number of carbonyl (C=O) groups is 2. The molecule has 5 nitrogen and oxygen atoms in total. The van der Waals surface area contributed by atoms with Gasteiger partial charge in [0.2, 0.25) is 0 Å². The van der Waals surface area contributed by atoms with Crippen molar-refractivity contribution in [3.63, 3.8) is 0 Å². The summed E-state index contributed by atoms with van der Waals surface area (Å²) in [6.45, 7) is 5.55. The third-order valence-corrected chi connectivity index (χ3v) is 3.81. The van der Waals surface area contributed by atoms with Gasteiger partial charge in [-0.25, -0.2) is 14.0 Å². The summed E-state index contributed by atoms with van der Waals surface area (Å²) in [7, 11) is 0. The van der Waals surface area contributed by atoms with E-state index >= 15 is 0 Å². The van der Waals surface area contributed by atoms with E-state index in [0.29, 0.717) is 24.9 Å². The standard InChI is InChI=1S/C17H22FNO4/c1-17(2,3)23-16(22)19-10-4-5-13(14(19)15(20)21)11-6-8-12(18)9-7-11/h6-9,13-14H,4-5,10H2,1-3H3,(H,20,21)/t13-,14-/m0/s1. The molecule has 1 aliphatic heterocycles. The molecule has 0 spiro atoms. The van der Waals surface area contributed by atoms with E-state index in [0.717, 1.165) is 0 Å². The van der Waals surface area contributed by atoms with E-state index in [1.54, 1.807) is 32.9 Å². The van der Waals surface area contributed by atoms with Gasteiger partial charge in [-0.05, 0) is 51.3 Å². The largest absolute Gasteiger partial charge is 0.480 e. The number of halogens is 1. The number of hydrogen-bond donors (Lipinski definition) is 1. The molecule has 0 bridgehead atoms. The van der Waals surface area contributed by atoms with Gasteiger partial charge in [0.15, 0.2) is 0 Å². The second-order valence-corrected chi connectivity index (χ2v) is 6.76. The van der Waals surface area contributed by atoms with E-state index in [1.165, 1.54) is 17.0 Å². The number of amides is 1. The highest BCUT2D eigenvalue weighted by Gasteiger charge is 2.41. The quantitative estimate of drug-likeness (QED) is 0.906. The summed E-state index contributed by atoms with van der Waals surface area (Å²) in [6.07, 6.45) is 0.671. The maximum Gasteiger partial charge on any atom is 0.411 e. The lowest BCUT2D eigenvalue weighted by atomic mass is 9.83. The van der Waals surface area contributed by atoms with E-state index in [9.17, 15) is 19.1 Å². The number of ether oxygens (including phenoxy) is 1. The van der Waals surface area contributed by atoms with Crippen LogP contribution in [0.4, 0.5) is 9.18 Å². The molecule has 6 heteroatoms. The van der Waals surface area contributed by atoms with Gasteiger partial charge in [0.1, 0.15) is 17.5 Å². The first-order valence-electron chi connectivity index (χ1n) is 7.67. The minimum absolute atomic E-state index is 0.337. The maximum absolute atomic E-state index is 13.1. The predicted molar refractivity (Wildman–Crippen MR) is 82.7 cm³/mol. The van der Waals surface area contributed by atoms with Gasteiger partial charge in [-0.15, -0.1) is 0 Å². The SMILES string of the molecule is CC(C)(C)OC(=O)N1CCC[C@@H](c2ccc(F)cc2)[C@H]1C(=O)O. The Morgan fingerprint density at radius 3 is 2.39 bits per heavy atom. The number of nitrogens with zero attached hydrogens (tertiary/aromatic N) is 1. The number of carboxylic acid groups (broad SMARTS) is 1. The highest BCUT2D eigenvalue weighted by Crippen LogP contribution is 2.34. The molecule has 23 heavy (non-hydrogen) atoms. The third kappa shape index (κ3) is 4.21. The van der Waals surface area contributed by atoms with Crippen molar-refractivity contribution in [1.29, 1.82) is 0 Å². The van der Waals surface area contributed by atoms with Crippen molar-refractivity contribution in [2.75, 3.05) is 6.54 Å². The van der Waals surface area contributed by atoms with Crippen LogP contribution in [-0.2, 0) is 9.53 Å². The number of carbonyl (C=O) groups excluding carboxylic acids is 1. The highest BCUT2D eigenvalue weighted by molar-refractivity contribution is 5.81. The summed E-state index contributed by atoms with van der Waals surface area (Å²) in [5, 5.41) is 9.62. The zero-order valence-corrected chi connectivity index (χ0v) is 13.6. The Labute approximate surface area is 135 Å². The number of likely N-dealkylation sites (tertiary alicyclic amines) is 1. The monoisotopic (exact) mass is 323 g/mol. The van der Waals surface area contributed by atoms with Crippen molar-refractivity contribution in [2.45, 2.75) is 51.2 Å². The van der Waals surface area contributed by atoms with Crippen LogP contribution in [0.3, 0.4) is 0 Å². The Kier molecular flexibility index (Phi) is 4.92. The molecular formula is C17H22FNO4. The zero-order chi connectivity index (χ0) is 17.2. The first-order valence-corrected chi connectivity index (χ1v) is 7.67. The normalized spacial score (nSPS) is 21.8. The predicted octanol–water partition coefficient (Wildman–Crippen LogP) is 3.39. The molecule has 0 unspecified atom stereocenters. The van der Waals surface area contributed by atoms with Crippen LogP contribution < -0.4 is 0 Å². The smallest absolute Gasteiger partial charge is 0.411 e. The number of carboxylic acids is 1. The average Bonchev–Trinajstić information content (AvgIpc) is 2.45. The van der Waals surface area contributed by atoms with Gasteiger partial charge in [-0.1, -0.05) is 12.1 Å². The fraction of sp³-hybridized carbons (Fsp3) is 0.529. The Balaban J connectivity index is 2.28. The minimum atomic E-state index is -1.08. The van der Waals surface area contributed by atoms with Crippen molar-refractivity contribution < 1.29 is 23.8 Å². The van der Waals surface area contributed by atoms with Crippen LogP contribution >= 0.6 is 0 Å². The number of rotatable bonds is 2. The second kappa shape index (κ2) is 6.56. The van der Waals surface area contributed by atoms with Crippen molar-refractivity contribution in [3.8, 4) is 0 Å². The molecular weight excluding hydrogens is 301 g/mol. The molecule has 1 aromatic rings. The van der Waals surface area contributed by atoms with E-state index in [-0.39, 0.29) is 11.7 Å². The number of hydrogen-bond acceptors (Lipinski definition) is 3. The third-order valence-electron chi connectivity index (χ3n) is 3.81. The lowest BCUT2D eigenvalue weighted by molar-refractivity contribution is -0.145. The Hall–Kier alpha value is -2.11. The topological polar surface area (TPSA) is 66.8 Å². The Bertz CT molecular complexity index is 579. The lowest BCUT2D eigenvalue weighted by Crippen LogP contribution is -2.53. The molecule has 2 rings (SSSR count). The number of piperidine rings is 1. The molecule has 1 fully saturated rings. The van der Waals surface area contributed by atoms with E-state index in [4.69, 9.17) is 4.74 Å². The molecule has 1 heterocycles. The first-order chi connectivity index (χ1) is 10.7. The second-order valence-electron chi connectivity index (χ2n) is 6.76. The van der Waals surface area contributed by atoms with Crippen molar-refractivity contribution >= 4 is 12.1 Å². The van der Waals surface area contributed by atoms with Crippen LogP contribution in [0.25, 0.3) is 0 Å². The molecule has 1 amide bonds. The lowest BCUT2D eigenvalue weighted by Gasteiger charge is -2.39. The average molecular weight is 323 g/mol. The van der Waals surface area contributed by atoms with Crippen LogP contribution in [0.2, 0.25) is 0 Å². The molecule has 0 radical (unpaired) electrons. The number of benzene rings is 1. The van der Waals surface area contributed by atoms with E-state index in [2.05, 4.69) is 0 Å². The zero-order valence-electron chi connectivity index (χ0n) is 13.6. The van der Waals surface area contributed by atoms with Gasteiger partial charge in [0, 0.05) is 12.5 Å². The minimum Gasteiger partial charge on any atom is -0.480 e. The fourth-order valence-corrected chi connectivity index (χ4v) is 2.89. The van der Waals surface area contributed by atoms with Crippen molar-refractivity contribution in [3.05, 3.63) is 35.6 Å². The van der Waals surface area contributed by atoms with Crippen LogP contribution in [0.15, 0.2) is 24.3 Å². The Morgan fingerprint density at radius 1 is 1.26 bits per heavy atom. The number of aliphatic carboxylic acids is 1.